The SMILES string of the molecule is Cc1cccc(-c2cc(N(c3ccccc3)c3cccc4c3oc3ccccc34)c3ccc4c(-c5cccc(C)c5)cc(N(c5ccccc5)c5cccc6c5oc5ccccc56)c5ccc2c3c45)c1. The van der Waals surface area contributed by atoms with Crippen molar-refractivity contribution in [3.05, 3.63) is 242 Å². The molecule has 0 aliphatic heterocycles. The highest BCUT2D eigenvalue weighted by atomic mass is 16.3. The number of rotatable bonds is 8. The maximum atomic E-state index is 6.86. The lowest BCUT2D eigenvalue weighted by Gasteiger charge is -2.31. The van der Waals surface area contributed by atoms with Gasteiger partial charge in [0.15, 0.2) is 11.2 Å². The molecule has 0 aliphatic carbocycles. The number of hydrogen-bond acceptors (Lipinski definition) is 4. The summed E-state index contributed by atoms with van der Waals surface area (Å²) < 4.78 is 13.7. The van der Waals surface area contributed by atoms with E-state index in [-0.39, 0.29) is 0 Å². The van der Waals surface area contributed by atoms with Crippen LogP contribution in [0.3, 0.4) is 0 Å². The summed E-state index contributed by atoms with van der Waals surface area (Å²) in [7, 11) is 0. The first kappa shape index (κ1) is 40.0. The molecule has 12 aromatic carbocycles. The topological polar surface area (TPSA) is 32.8 Å². The minimum atomic E-state index is 0.845. The molecule has 70 heavy (non-hydrogen) atoms. The van der Waals surface area contributed by atoms with Gasteiger partial charge in [0, 0.05) is 54.5 Å². The summed E-state index contributed by atoms with van der Waals surface area (Å²) >= 11 is 0. The zero-order valence-electron chi connectivity index (χ0n) is 38.7. The monoisotopic (exact) mass is 896 g/mol. The summed E-state index contributed by atoms with van der Waals surface area (Å²) in [4.78, 5) is 4.83. The number of nitrogens with zero attached hydrogens (tertiary/aromatic N) is 2. The first-order chi connectivity index (χ1) is 34.6. The molecular formula is C66H44N2O2. The second-order valence-electron chi connectivity index (χ2n) is 18.5. The molecule has 0 saturated carbocycles. The second-order valence-corrected chi connectivity index (χ2v) is 18.5. The van der Waals surface area contributed by atoms with Crippen LogP contribution >= 0.6 is 0 Å². The Balaban J connectivity index is 1.15. The highest BCUT2D eigenvalue weighted by molar-refractivity contribution is 6.33. The summed E-state index contributed by atoms with van der Waals surface area (Å²) in [6.07, 6.45) is 0. The third-order valence-corrected chi connectivity index (χ3v) is 14.3. The zero-order valence-corrected chi connectivity index (χ0v) is 38.7. The Morgan fingerprint density at radius 2 is 0.671 bits per heavy atom. The van der Waals surface area contributed by atoms with Gasteiger partial charge in [0.05, 0.1) is 22.7 Å². The van der Waals surface area contributed by atoms with E-state index in [1.165, 1.54) is 32.7 Å². The molecule has 0 saturated heterocycles. The van der Waals surface area contributed by atoms with Gasteiger partial charge >= 0.3 is 0 Å². The van der Waals surface area contributed by atoms with E-state index in [0.29, 0.717) is 0 Å². The Hall–Kier alpha value is -9.12. The molecule has 14 rings (SSSR count). The fourth-order valence-corrected chi connectivity index (χ4v) is 11.2. The van der Waals surface area contributed by atoms with Gasteiger partial charge in [0.25, 0.3) is 0 Å². The molecule has 0 aliphatic rings. The first-order valence-electron chi connectivity index (χ1n) is 24.0. The lowest BCUT2D eigenvalue weighted by atomic mass is 9.85. The first-order valence-corrected chi connectivity index (χ1v) is 24.0. The quantitative estimate of drug-likeness (QED) is 0.142. The van der Waals surface area contributed by atoms with Crippen molar-refractivity contribution in [3.8, 4) is 22.3 Å². The highest BCUT2D eigenvalue weighted by Gasteiger charge is 2.28. The Labute approximate surface area is 404 Å². The molecule has 0 atom stereocenters. The molecule has 0 radical (unpaired) electrons. The molecule has 0 amide bonds. The van der Waals surface area contributed by atoms with Crippen LogP contribution in [0.15, 0.2) is 239 Å². The maximum absolute atomic E-state index is 6.86. The van der Waals surface area contributed by atoms with Gasteiger partial charge in [-0.25, -0.2) is 0 Å². The summed E-state index contributed by atoms with van der Waals surface area (Å²) in [6, 6.07) is 83.4. The van der Waals surface area contributed by atoms with Gasteiger partial charge in [-0.05, 0) is 108 Å². The molecule has 0 fully saturated rings. The van der Waals surface area contributed by atoms with Gasteiger partial charge in [-0.15, -0.1) is 0 Å². The number of anilines is 6. The van der Waals surface area contributed by atoms with Crippen molar-refractivity contribution in [2.45, 2.75) is 13.8 Å². The van der Waals surface area contributed by atoms with Crippen molar-refractivity contribution in [3.63, 3.8) is 0 Å². The third kappa shape index (κ3) is 6.16. The van der Waals surface area contributed by atoms with Crippen molar-refractivity contribution in [1.29, 1.82) is 0 Å². The van der Waals surface area contributed by atoms with E-state index < -0.39 is 0 Å². The standard InChI is InChI=1S/C66H44N2O2/c1-41-17-13-19-43(37-41)55-39-59(67(45-21-5-3-6-22-45)57-29-15-27-51-47-25-9-11-31-61(47)69-65(51)57)53-36-34-50-56(44-20-14-18-42(2)38-44)40-60(54-35-33-49(55)63(53)64(50)54)68(46-23-7-4-8-24-46)58-30-16-28-52-48-26-10-12-32-62(48)70-66(52)58/h3-40H,1-2H3. The number of benzene rings is 12. The van der Waals surface area contributed by atoms with E-state index in [1.807, 2.05) is 12.1 Å². The van der Waals surface area contributed by atoms with Gasteiger partial charge in [-0.3, -0.25) is 0 Å². The Morgan fingerprint density at radius 1 is 0.286 bits per heavy atom. The molecule has 330 valence electrons. The molecule has 0 spiro atoms. The minimum Gasteiger partial charge on any atom is -0.454 e. The largest absolute Gasteiger partial charge is 0.454 e. The fraction of sp³-hybridized carbons (Fsp3) is 0.0303. The van der Waals surface area contributed by atoms with Crippen molar-refractivity contribution in [2.24, 2.45) is 0 Å². The van der Waals surface area contributed by atoms with E-state index >= 15 is 0 Å². The van der Waals surface area contributed by atoms with Crippen LogP contribution in [0.4, 0.5) is 34.1 Å². The fourth-order valence-electron chi connectivity index (χ4n) is 11.2. The summed E-state index contributed by atoms with van der Waals surface area (Å²) in [5.41, 5.74) is 16.6. The van der Waals surface area contributed by atoms with Crippen molar-refractivity contribution >= 4 is 110 Å². The Kier molecular flexibility index (Phi) is 8.99. The van der Waals surface area contributed by atoms with E-state index in [4.69, 9.17) is 8.83 Å². The van der Waals surface area contributed by atoms with Crippen molar-refractivity contribution in [2.75, 3.05) is 9.80 Å². The normalized spacial score (nSPS) is 11.9. The van der Waals surface area contributed by atoms with Gasteiger partial charge in [-0.2, -0.15) is 0 Å². The smallest absolute Gasteiger partial charge is 0.159 e. The molecule has 4 heteroatoms. The predicted octanol–water partition coefficient (Wildman–Crippen LogP) is 19.3. The van der Waals surface area contributed by atoms with Gasteiger partial charge in [-0.1, -0.05) is 181 Å². The Morgan fingerprint density at radius 3 is 1.11 bits per heavy atom. The van der Waals surface area contributed by atoms with E-state index in [0.717, 1.165) is 111 Å². The molecule has 2 heterocycles. The molecule has 0 N–H and O–H groups in total. The lowest BCUT2D eigenvalue weighted by molar-refractivity contribution is 0.669. The summed E-state index contributed by atoms with van der Waals surface area (Å²) in [6.45, 7) is 4.36. The second kappa shape index (κ2) is 15.7. The van der Waals surface area contributed by atoms with E-state index in [2.05, 4.69) is 242 Å². The summed E-state index contributed by atoms with van der Waals surface area (Å²) in [5.74, 6) is 0. The lowest BCUT2D eigenvalue weighted by Crippen LogP contribution is -2.12. The molecule has 4 nitrogen and oxygen atoms in total. The zero-order chi connectivity index (χ0) is 46.5. The van der Waals surface area contributed by atoms with Crippen molar-refractivity contribution in [1.82, 2.24) is 0 Å². The number of para-hydroxylation sites is 6. The minimum absolute atomic E-state index is 0.845. The van der Waals surface area contributed by atoms with Crippen LogP contribution in [0, 0.1) is 13.8 Å². The van der Waals surface area contributed by atoms with Crippen LogP contribution in [0.5, 0.6) is 0 Å². The predicted molar refractivity (Wildman–Crippen MR) is 294 cm³/mol. The molecule has 14 aromatic rings. The molecule has 0 bridgehead atoms. The van der Waals surface area contributed by atoms with E-state index in [1.54, 1.807) is 0 Å². The number of hydrogen-bond donors (Lipinski definition) is 0. The maximum Gasteiger partial charge on any atom is 0.159 e. The van der Waals surface area contributed by atoms with Gasteiger partial charge in [0.2, 0.25) is 0 Å². The highest BCUT2D eigenvalue weighted by Crippen LogP contribution is 2.54. The van der Waals surface area contributed by atoms with Crippen LogP contribution in [0.2, 0.25) is 0 Å². The number of aryl methyl sites for hydroxylation is 2. The Bertz CT molecular complexity index is 4060. The third-order valence-electron chi connectivity index (χ3n) is 14.3. The van der Waals surface area contributed by atoms with Crippen LogP contribution in [-0.2, 0) is 0 Å². The molecular weight excluding hydrogens is 853 g/mol. The molecule has 0 unspecified atom stereocenters. The van der Waals surface area contributed by atoms with E-state index in [9.17, 15) is 0 Å². The average Bonchev–Trinajstić information content (AvgIpc) is 3.99. The van der Waals surface area contributed by atoms with Crippen LogP contribution < -0.4 is 9.80 Å². The number of furan rings is 2. The van der Waals surface area contributed by atoms with Crippen molar-refractivity contribution < 1.29 is 8.83 Å². The average molecular weight is 897 g/mol. The summed E-state index contributed by atoms with van der Waals surface area (Å²) in [5, 5.41) is 11.4. The van der Waals surface area contributed by atoms with Gasteiger partial charge in [0.1, 0.15) is 11.2 Å². The van der Waals surface area contributed by atoms with Crippen LogP contribution in [-0.4, -0.2) is 0 Å². The van der Waals surface area contributed by atoms with Gasteiger partial charge < -0.3 is 18.6 Å². The molecule has 2 aromatic heterocycles. The van der Waals surface area contributed by atoms with Crippen LogP contribution in [0.1, 0.15) is 11.1 Å². The van der Waals surface area contributed by atoms with Crippen LogP contribution in [0.25, 0.3) is 98.4 Å². The number of fused-ring (bicyclic) bond motifs is 6.